The van der Waals surface area contributed by atoms with E-state index in [4.69, 9.17) is 21.1 Å². The monoisotopic (exact) mass is 732 g/mol. The maximum atomic E-state index is 16.6. The first-order valence-corrected chi connectivity index (χ1v) is 16.2. The normalized spacial score (nSPS) is 21.9. The molecule has 0 aliphatic carbocycles. The van der Waals surface area contributed by atoms with Gasteiger partial charge in [-0.2, -0.15) is 22.7 Å². The summed E-state index contributed by atoms with van der Waals surface area (Å²) in [6.07, 6.45) is -4.44. The lowest BCUT2D eigenvalue weighted by molar-refractivity contribution is -0.143. The van der Waals surface area contributed by atoms with Gasteiger partial charge in [-0.15, -0.1) is 5.10 Å². The number of carbonyl (C=O) groups excluding carboxylic acids is 2. The van der Waals surface area contributed by atoms with Crippen molar-refractivity contribution in [2.45, 2.75) is 57.3 Å². The second-order valence-corrected chi connectivity index (χ2v) is 12.8. The number of fused-ring (bicyclic) bond motifs is 3. The van der Waals surface area contributed by atoms with Crippen molar-refractivity contribution in [3.05, 3.63) is 80.0 Å². The number of aromatic nitrogens is 6. The van der Waals surface area contributed by atoms with Gasteiger partial charge in [-0.25, -0.2) is 14.4 Å². The number of aryl methyl sites for hydroxylation is 1. The van der Waals surface area contributed by atoms with Crippen molar-refractivity contribution in [3.63, 3.8) is 0 Å². The first-order chi connectivity index (χ1) is 24.2. The summed E-state index contributed by atoms with van der Waals surface area (Å²) < 4.78 is 70.2. The second-order valence-electron chi connectivity index (χ2n) is 12.4. The van der Waals surface area contributed by atoms with Crippen LogP contribution in [-0.4, -0.2) is 83.4 Å². The molecule has 3 aliphatic heterocycles. The number of piperidine rings is 1. The summed E-state index contributed by atoms with van der Waals surface area (Å²) in [6.45, 7) is 2.59. The van der Waals surface area contributed by atoms with Crippen LogP contribution in [0.1, 0.15) is 64.7 Å². The fraction of sp³-hybridized carbons (Fsp3) is 0.406. The highest BCUT2D eigenvalue weighted by atomic mass is 35.5. The molecule has 3 atom stereocenters. The van der Waals surface area contributed by atoms with Crippen LogP contribution in [0.2, 0.25) is 5.02 Å². The Balaban J connectivity index is 1.28. The smallest absolute Gasteiger partial charge is 0.416 e. The Morgan fingerprint density at radius 2 is 2.02 bits per heavy atom. The predicted molar refractivity (Wildman–Crippen MR) is 171 cm³/mol. The van der Waals surface area contributed by atoms with Gasteiger partial charge in [0.1, 0.15) is 18.5 Å². The van der Waals surface area contributed by atoms with E-state index in [9.17, 15) is 32.7 Å². The number of amides is 2. The number of hydrogen-bond donors (Lipinski definition) is 2. The van der Waals surface area contributed by atoms with Crippen molar-refractivity contribution in [1.82, 2.24) is 34.0 Å². The number of nitrogens with one attached hydrogen (secondary N) is 1. The molecule has 2 N–H and O–H groups in total. The van der Waals surface area contributed by atoms with Crippen molar-refractivity contribution < 1.29 is 41.7 Å². The van der Waals surface area contributed by atoms with Gasteiger partial charge in [0.25, 0.3) is 11.5 Å². The third kappa shape index (κ3) is 5.89. The maximum absolute atomic E-state index is 16.6. The molecule has 0 bridgehead atoms. The van der Waals surface area contributed by atoms with Crippen molar-refractivity contribution in [2.75, 3.05) is 31.6 Å². The SMILES string of the molecule is Cc1ncnc(C(=O)N2CC[C@@]3(OC(C)c4c3c(=O)n3nc(C5=CCOCC5)nc3n4CC(=O)Nc3ccc(C(F)(F)F)cc3Cl)[C@@H](F)C2)c1O. The van der Waals surface area contributed by atoms with Crippen LogP contribution in [0.25, 0.3) is 11.4 Å². The summed E-state index contributed by atoms with van der Waals surface area (Å²) >= 11 is 6.09. The molecule has 14 nitrogen and oxygen atoms in total. The molecule has 1 aromatic carbocycles. The number of benzene rings is 1. The van der Waals surface area contributed by atoms with Crippen LogP contribution in [0.4, 0.5) is 23.2 Å². The van der Waals surface area contributed by atoms with Crippen LogP contribution in [0.5, 0.6) is 5.75 Å². The number of anilines is 1. The number of carbonyl (C=O) groups is 2. The molecule has 51 heavy (non-hydrogen) atoms. The third-order valence-corrected chi connectivity index (χ3v) is 9.55. The van der Waals surface area contributed by atoms with E-state index in [-0.39, 0.29) is 57.9 Å². The molecule has 2 amide bonds. The zero-order valence-corrected chi connectivity index (χ0v) is 27.8. The summed E-state index contributed by atoms with van der Waals surface area (Å²) in [5.41, 5.74) is -3.10. The molecule has 6 heterocycles. The van der Waals surface area contributed by atoms with E-state index in [1.54, 1.807) is 13.0 Å². The van der Waals surface area contributed by atoms with Gasteiger partial charge in [-0.3, -0.25) is 14.4 Å². The molecular formula is C32H29ClF4N8O6. The number of ether oxygens (including phenoxy) is 2. The zero-order chi connectivity index (χ0) is 36.4. The number of halogens is 5. The molecule has 3 aromatic heterocycles. The third-order valence-electron chi connectivity index (χ3n) is 9.24. The highest BCUT2D eigenvalue weighted by Gasteiger charge is 2.56. The minimum Gasteiger partial charge on any atom is -0.504 e. The van der Waals surface area contributed by atoms with E-state index in [1.807, 2.05) is 0 Å². The summed E-state index contributed by atoms with van der Waals surface area (Å²) in [5, 5.41) is 17.0. The molecule has 4 aromatic rings. The molecule has 1 unspecified atom stereocenters. The number of likely N-dealkylation sites (tertiary alicyclic amines) is 1. The molecule has 1 saturated heterocycles. The second kappa shape index (κ2) is 12.7. The molecular weight excluding hydrogens is 704 g/mol. The van der Waals surface area contributed by atoms with Crippen molar-refractivity contribution >= 4 is 40.5 Å². The highest BCUT2D eigenvalue weighted by molar-refractivity contribution is 6.33. The van der Waals surface area contributed by atoms with Crippen LogP contribution in [-0.2, 0) is 32.6 Å². The van der Waals surface area contributed by atoms with Crippen LogP contribution >= 0.6 is 11.6 Å². The van der Waals surface area contributed by atoms with Gasteiger partial charge in [-0.05, 0) is 44.0 Å². The number of nitrogens with zero attached hydrogens (tertiary/aromatic N) is 7. The van der Waals surface area contributed by atoms with Gasteiger partial charge in [0, 0.05) is 13.0 Å². The Kier molecular flexibility index (Phi) is 8.58. The van der Waals surface area contributed by atoms with Gasteiger partial charge in [0.15, 0.2) is 23.4 Å². The fourth-order valence-corrected chi connectivity index (χ4v) is 6.96. The van der Waals surface area contributed by atoms with E-state index in [2.05, 4.69) is 25.4 Å². The predicted octanol–water partition coefficient (Wildman–Crippen LogP) is 3.98. The molecule has 19 heteroatoms. The van der Waals surface area contributed by atoms with E-state index in [1.165, 1.54) is 11.5 Å². The molecule has 1 spiro atoms. The van der Waals surface area contributed by atoms with Crippen molar-refractivity contribution in [2.24, 2.45) is 0 Å². The van der Waals surface area contributed by atoms with Gasteiger partial charge >= 0.3 is 6.18 Å². The number of hydrogen-bond acceptors (Lipinski definition) is 10. The van der Waals surface area contributed by atoms with Crippen LogP contribution in [0.3, 0.4) is 0 Å². The quantitative estimate of drug-likeness (QED) is 0.287. The lowest BCUT2D eigenvalue weighted by atomic mass is 9.83. The van der Waals surface area contributed by atoms with Gasteiger partial charge in [-0.1, -0.05) is 17.7 Å². The molecule has 0 saturated carbocycles. The summed E-state index contributed by atoms with van der Waals surface area (Å²) in [4.78, 5) is 54.6. The maximum Gasteiger partial charge on any atom is 0.416 e. The van der Waals surface area contributed by atoms with Crippen LogP contribution in [0, 0.1) is 6.92 Å². The Hall–Kier alpha value is -4.94. The first kappa shape index (κ1) is 34.5. The minimum absolute atomic E-state index is 0.0556. The average Bonchev–Trinajstić information content (AvgIpc) is 3.67. The van der Waals surface area contributed by atoms with Crippen molar-refractivity contribution in [1.29, 1.82) is 0 Å². The zero-order valence-electron chi connectivity index (χ0n) is 27.0. The Bertz CT molecular complexity index is 2190. The van der Waals surface area contributed by atoms with E-state index in [0.717, 1.165) is 27.9 Å². The summed E-state index contributed by atoms with van der Waals surface area (Å²) in [7, 11) is 0. The fourth-order valence-electron chi connectivity index (χ4n) is 6.73. The van der Waals surface area contributed by atoms with Crippen LogP contribution in [0.15, 0.2) is 35.4 Å². The number of aromatic hydroxyl groups is 1. The van der Waals surface area contributed by atoms with Gasteiger partial charge in [0.2, 0.25) is 11.7 Å². The molecule has 7 rings (SSSR count). The standard InChI is InChI=1S/C32H29ClF4N8O6/c1-15-26(47)24(39-14-38-15)29(49)43-8-7-31(21(34)12-43)23-25(16(2)51-31)44(13-22(46)40-20-4-3-18(11-19(20)33)32(35,36)37)30-41-27(42-45(30)28(23)48)17-5-9-50-10-6-17/h3-5,11,14,16,21,47H,6-10,12-13H2,1-2H3,(H,40,46)/t16?,21-,31+/m0/s1. The van der Waals surface area contributed by atoms with Crippen LogP contribution < -0.4 is 10.9 Å². The van der Waals surface area contributed by atoms with E-state index >= 15 is 4.39 Å². The Morgan fingerprint density at radius 3 is 2.71 bits per heavy atom. The number of alkyl halides is 4. The lowest BCUT2D eigenvalue weighted by Gasteiger charge is -2.41. The largest absolute Gasteiger partial charge is 0.504 e. The Morgan fingerprint density at radius 1 is 1.24 bits per heavy atom. The van der Waals surface area contributed by atoms with E-state index < -0.39 is 65.8 Å². The van der Waals surface area contributed by atoms with Gasteiger partial charge in [0.05, 0.1) is 59.1 Å². The highest BCUT2D eigenvalue weighted by Crippen LogP contribution is 2.49. The minimum atomic E-state index is -4.65. The van der Waals surface area contributed by atoms with Crippen molar-refractivity contribution in [3.8, 4) is 5.75 Å². The molecule has 0 radical (unpaired) electrons. The molecule has 268 valence electrons. The number of rotatable bonds is 5. The summed E-state index contributed by atoms with van der Waals surface area (Å²) in [5.74, 6) is -1.78. The van der Waals surface area contributed by atoms with E-state index in [0.29, 0.717) is 31.3 Å². The first-order valence-electron chi connectivity index (χ1n) is 15.8. The lowest BCUT2D eigenvalue weighted by Crippen LogP contribution is -2.55. The average molecular weight is 733 g/mol. The van der Waals surface area contributed by atoms with Gasteiger partial charge < -0.3 is 29.4 Å². The Labute approximate surface area is 290 Å². The molecule has 1 fully saturated rings. The summed E-state index contributed by atoms with van der Waals surface area (Å²) in [6, 6.07) is 2.48. The molecule has 3 aliphatic rings. The topological polar surface area (TPSA) is 166 Å².